The minimum atomic E-state index is -0.395. The van der Waals surface area contributed by atoms with E-state index in [1.807, 2.05) is 11.0 Å². The molecule has 4 heteroatoms. The summed E-state index contributed by atoms with van der Waals surface area (Å²) >= 11 is 0. The van der Waals surface area contributed by atoms with Crippen molar-refractivity contribution in [2.45, 2.75) is 38.3 Å². The maximum Gasteiger partial charge on any atom is 0.243 e. The number of hydrogen-bond donors (Lipinski definition) is 1. The molecule has 0 bridgehead atoms. The van der Waals surface area contributed by atoms with Crippen molar-refractivity contribution < 1.29 is 4.79 Å². The fraction of sp³-hybridized carbons (Fsp3) is 0.786. The predicted octanol–water partition coefficient (Wildman–Crippen LogP) is 0.847. The zero-order valence-electron chi connectivity index (χ0n) is 11.6. The highest BCUT2D eigenvalue weighted by molar-refractivity contribution is 5.86. The molecule has 4 nitrogen and oxygen atoms in total. The van der Waals surface area contributed by atoms with Gasteiger partial charge in [-0.15, -0.1) is 6.58 Å². The number of piperazine rings is 1. The molecule has 0 radical (unpaired) electrons. The second-order valence-electron chi connectivity index (χ2n) is 5.77. The summed E-state index contributed by atoms with van der Waals surface area (Å²) in [5, 5.41) is 3.33. The standard InChI is InChI=1S/C14H25N3O/c1-4-9-17(12-5-6-12)13(18)14(2,3)16-10-7-15-8-11-16/h4,12,15H,1,5-11H2,2-3H3. The van der Waals surface area contributed by atoms with Gasteiger partial charge in [0.05, 0.1) is 5.54 Å². The molecule has 1 saturated heterocycles. The number of amides is 1. The van der Waals surface area contributed by atoms with Gasteiger partial charge in [-0.2, -0.15) is 0 Å². The van der Waals surface area contributed by atoms with Crippen LogP contribution in [-0.2, 0) is 4.79 Å². The average molecular weight is 251 g/mol. The van der Waals surface area contributed by atoms with Crippen molar-refractivity contribution in [2.24, 2.45) is 0 Å². The van der Waals surface area contributed by atoms with E-state index in [2.05, 4.69) is 30.6 Å². The highest BCUT2D eigenvalue weighted by Crippen LogP contribution is 2.30. The van der Waals surface area contributed by atoms with Crippen LogP contribution in [0.25, 0.3) is 0 Å². The average Bonchev–Trinajstić information content (AvgIpc) is 3.20. The number of nitrogens with zero attached hydrogens (tertiary/aromatic N) is 2. The molecule has 0 spiro atoms. The van der Waals surface area contributed by atoms with E-state index >= 15 is 0 Å². The Hall–Kier alpha value is -0.870. The van der Waals surface area contributed by atoms with Crippen LogP contribution in [0.15, 0.2) is 12.7 Å². The van der Waals surface area contributed by atoms with Crippen molar-refractivity contribution >= 4 is 5.91 Å². The number of carbonyl (C=O) groups excluding carboxylic acids is 1. The normalized spacial score (nSPS) is 21.7. The van der Waals surface area contributed by atoms with Gasteiger partial charge < -0.3 is 10.2 Å². The largest absolute Gasteiger partial charge is 0.334 e. The van der Waals surface area contributed by atoms with E-state index in [1.54, 1.807) is 0 Å². The molecule has 2 aliphatic rings. The molecule has 0 unspecified atom stereocenters. The molecule has 0 aromatic heterocycles. The molecular formula is C14H25N3O. The molecule has 18 heavy (non-hydrogen) atoms. The first-order valence-corrected chi connectivity index (χ1v) is 6.95. The van der Waals surface area contributed by atoms with Gasteiger partial charge in [0.25, 0.3) is 0 Å². The van der Waals surface area contributed by atoms with E-state index in [0.29, 0.717) is 12.6 Å². The van der Waals surface area contributed by atoms with Crippen LogP contribution < -0.4 is 5.32 Å². The predicted molar refractivity (Wildman–Crippen MR) is 73.5 cm³/mol. The highest BCUT2D eigenvalue weighted by atomic mass is 16.2. The van der Waals surface area contributed by atoms with Crippen LogP contribution in [0.4, 0.5) is 0 Å². The summed E-state index contributed by atoms with van der Waals surface area (Å²) in [7, 11) is 0. The van der Waals surface area contributed by atoms with Crippen LogP contribution in [0.5, 0.6) is 0 Å². The lowest BCUT2D eigenvalue weighted by Crippen LogP contribution is -2.61. The third kappa shape index (κ3) is 2.75. The maximum absolute atomic E-state index is 12.8. The van der Waals surface area contributed by atoms with Crippen molar-refractivity contribution in [1.29, 1.82) is 0 Å². The fourth-order valence-corrected chi connectivity index (χ4v) is 2.63. The van der Waals surface area contributed by atoms with Gasteiger partial charge in [-0.25, -0.2) is 0 Å². The Morgan fingerprint density at radius 3 is 2.56 bits per heavy atom. The summed E-state index contributed by atoms with van der Waals surface area (Å²) in [5.74, 6) is 0.256. The number of hydrogen-bond acceptors (Lipinski definition) is 3. The molecule has 1 N–H and O–H groups in total. The summed E-state index contributed by atoms with van der Waals surface area (Å²) in [5.41, 5.74) is -0.395. The van der Waals surface area contributed by atoms with Gasteiger partial charge in [0.15, 0.2) is 0 Å². The van der Waals surface area contributed by atoms with Crippen molar-refractivity contribution in [3.63, 3.8) is 0 Å². The second kappa shape index (κ2) is 5.41. The van der Waals surface area contributed by atoms with Crippen molar-refractivity contribution in [3.8, 4) is 0 Å². The van der Waals surface area contributed by atoms with Gasteiger partial charge in [0.2, 0.25) is 5.91 Å². The summed E-state index contributed by atoms with van der Waals surface area (Å²) < 4.78 is 0. The number of rotatable bonds is 5. The minimum Gasteiger partial charge on any atom is -0.334 e. The third-order valence-corrected chi connectivity index (χ3v) is 4.01. The molecule has 0 aromatic rings. The first-order valence-electron chi connectivity index (χ1n) is 6.95. The lowest BCUT2D eigenvalue weighted by Gasteiger charge is -2.42. The summed E-state index contributed by atoms with van der Waals surface area (Å²) in [4.78, 5) is 17.1. The second-order valence-corrected chi connectivity index (χ2v) is 5.77. The van der Waals surface area contributed by atoms with Gasteiger partial charge in [-0.3, -0.25) is 9.69 Å². The van der Waals surface area contributed by atoms with Gasteiger partial charge >= 0.3 is 0 Å². The van der Waals surface area contributed by atoms with Gasteiger partial charge in [-0.1, -0.05) is 6.08 Å². The Bertz CT molecular complexity index is 317. The molecule has 2 fully saturated rings. The molecule has 1 saturated carbocycles. The molecule has 1 aliphatic heterocycles. The Balaban J connectivity index is 2.05. The first-order chi connectivity index (χ1) is 8.57. The molecule has 1 heterocycles. The van der Waals surface area contributed by atoms with Crippen LogP contribution in [0.1, 0.15) is 26.7 Å². The Morgan fingerprint density at radius 1 is 1.44 bits per heavy atom. The van der Waals surface area contributed by atoms with E-state index < -0.39 is 5.54 Å². The molecule has 102 valence electrons. The minimum absolute atomic E-state index is 0.256. The third-order valence-electron chi connectivity index (χ3n) is 4.01. The van der Waals surface area contributed by atoms with Crippen molar-refractivity contribution in [1.82, 2.24) is 15.1 Å². The summed E-state index contributed by atoms with van der Waals surface area (Å²) in [6, 6.07) is 0.456. The lowest BCUT2D eigenvalue weighted by atomic mass is 9.99. The molecule has 0 aromatic carbocycles. The van der Waals surface area contributed by atoms with E-state index in [0.717, 1.165) is 39.0 Å². The van der Waals surface area contributed by atoms with Crippen LogP contribution in [0, 0.1) is 0 Å². The van der Waals surface area contributed by atoms with E-state index in [1.165, 1.54) is 0 Å². The maximum atomic E-state index is 12.8. The van der Waals surface area contributed by atoms with E-state index in [9.17, 15) is 4.79 Å². The van der Waals surface area contributed by atoms with Crippen molar-refractivity contribution in [2.75, 3.05) is 32.7 Å². The summed E-state index contributed by atoms with van der Waals surface area (Å²) in [6.07, 6.45) is 4.14. The fourth-order valence-electron chi connectivity index (χ4n) is 2.63. The molecular weight excluding hydrogens is 226 g/mol. The molecule has 1 aliphatic carbocycles. The molecule has 1 amide bonds. The van der Waals surface area contributed by atoms with Crippen LogP contribution in [0.2, 0.25) is 0 Å². The zero-order chi connectivity index (χ0) is 13.2. The van der Waals surface area contributed by atoms with Crippen LogP contribution >= 0.6 is 0 Å². The van der Waals surface area contributed by atoms with Crippen molar-refractivity contribution in [3.05, 3.63) is 12.7 Å². The van der Waals surface area contributed by atoms with Gasteiger partial charge in [-0.05, 0) is 26.7 Å². The monoisotopic (exact) mass is 251 g/mol. The highest BCUT2D eigenvalue weighted by Gasteiger charge is 2.42. The molecule has 2 rings (SSSR count). The Morgan fingerprint density at radius 2 is 2.06 bits per heavy atom. The quantitative estimate of drug-likeness (QED) is 0.736. The van der Waals surface area contributed by atoms with Crippen LogP contribution in [0.3, 0.4) is 0 Å². The molecule has 0 atom stereocenters. The van der Waals surface area contributed by atoms with Crippen LogP contribution in [-0.4, -0.2) is 60.0 Å². The Kier molecular flexibility index (Phi) is 4.07. The van der Waals surface area contributed by atoms with E-state index in [-0.39, 0.29) is 5.91 Å². The number of carbonyl (C=O) groups is 1. The van der Waals surface area contributed by atoms with Gasteiger partial charge in [0, 0.05) is 38.8 Å². The van der Waals surface area contributed by atoms with E-state index in [4.69, 9.17) is 0 Å². The smallest absolute Gasteiger partial charge is 0.243 e. The number of nitrogens with one attached hydrogen (secondary N) is 1. The summed E-state index contributed by atoms with van der Waals surface area (Å²) in [6.45, 7) is 12.4. The first kappa shape index (κ1) is 13.6. The topological polar surface area (TPSA) is 35.6 Å². The zero-order valence-corrected chi connectivity index (χ0v) is 11.6. The SMILES string of the molecule is C=CCN(C(=O)C(C)(C)N1CCNCC1)C1CC1. The van der Waals surface area contributed by atoms with Gasteiger partial charge in [0.1, 0.15) is 0 Å². The Labute approximate surface area is 110 Å². The lowest BCUT2D eigenvalue weighted by molar-refractivity contribution is -0.143.